The molecular formula is C9H7BrO2. The SMILES string of the molecule is C=C=O.O=Cc1ccccc1Br. The van der Waals surface area contributed by atoms with Crippen LogP contribution >= 0.6 is 15.9 Å². The molecule has 3 heteroatoms. The number of benzene rings is 1. The monoisotopic (exact) mass is 226 g/mol. The fraction of sp³-hybridized carbons (Fsp3) is 0. The van der Waals surface area contributed by atoms with E-state index in [9.17, 15) is 4.79 Å². The van der Waals surface area contributed by atoms with E-state index in [0.717, 1.165) is 10.8 Å². The second kappa shape index (κ2) is 6.53. The minimum Gasteiger partial charge on any atom is -0.298 e. The topological polar surface area (TPSA) is 34.1 Å². The number of carbonyl (C=O) groups is 1. The first-order valence-electron chi connectivity index (χ1n) is 3.10. The molecule has 62 valence electrons. The normalized spacial score (nSPS) is 7.42. The predicted molar refractivity (Wildman–Crippen MR) is 50.9 cm³/mol. The third-order valence-corrected chi connectivity index (χ3v) is 1.75. The molecule has 0 unspecified atom stereocenters. The molecule has 12 heavy (non-hydrogen) atoms. The van der Waals surface area contributed by atoms with Crippen molar-refractivity contribution in [2.75, 3.05) is 0 Å². The van der Waals surface area contributed by atoms with Gasteiger partial charge in [0.05, 0.1) is 0 Å². The van der Waals surface area contributed by atoms with Crippen molar-refractivity contribution < 1.29 is 9.59 Å². The molecule has 0 radical (unpaired) electrons. The van der Waals surface area contributed by atoms with Crippen LogP contribution in [0.5, 0.6) is 0 Å². The smallest absolute Gasteiger partial charge is 0.151 e. The summed E-state index contributed by atoms with van der Waals surface area (Å²) in [5.41, 5.74) is 0.692. The van der Waals surface area contributed by atoms with Gasteiger partial charge in [-0.05, 0) is 12.6 Å². The summed E-state index contributed by atoms with van der Waals surface area (Å²) >= 11 is 3.23. The van der Waals surface area contributed by atoms with Crippen LogP contribution in [-0.2, 0) is 4.79 Å². The molecule has 0 aromatic heterocycles. The second-order valence-electron chi connectivity index (χ2n) is 1.78. The van der Waals surface area contributed by atoms with Gasteiger partial charge in [-0.25, -0.2) is 4.79 Å². The van der Waals surface area contributed by atoms with Crippen LogP contribution in [0.15, 0.2) is 35.3 Å². The molecule has 0 aliphatic rings. The molecule has 1 rings (SSSR count). The van der Waals surface area contributed by atoms with E-state index in [1.807, 2.05) is 18.2 Å². The Kier molecular flexibility index (Phi) is 5.88. The lowest BCUT2D eigenvalue weighted by Crippen LogP contribution is -1.78. The molecule has 2 nitrogen and oxygen atoms in total. The van der Waals surface area contributed by atoms with Gasteiger partial charge in [-0.15, -0.1) is 0 Å². The highest BCUT2D eigenvalue weighted by molar-refractivity contribution is 9.10. The van der Waals surface area contributed by atoms with E-state index in [4.69, 9.17) is 4.79 Å². The summed E-state index contributed by atoms with van der Waals surface area (Å²) in [5, 5.41) is 0. The van der Waals surface area contributed by atoms with Crippen molar-refractivity contribution in [1.82, 2.24) is 0 Å². The molecule has 0 heterocycles. The molecule has 0 spiro atoms. The van der Waals surface area contributed by atoms with E-state index in [-0.39, 0.29) is 0 Å². The fourth-order valence-corrected chi connectivity index (χ4v) is 0.949. The van der Waals surface area contributed by atoms with Crippen LogP contribution in [0.25, 0.3) is 0 Å². The molecule has 0 saturated heterocycles. The first kappa shape index (κ1) is 10.8. The van der Waals surface area contributed by atoms with Crippen molar-refractivity contribution in [3.63, 3.8) is 0 Å². The summed E-state index contributed by atoms with van der Waals surface area (Å²) < 4.78 is 0.847. The van der Waals surface area contributed by atoms with E-state index in [2.05, 4.69) is 22.5 Å². The maximum atomic E-state index is 10.2. The highest BCUT2D eigenvalue weighted by Crippen LogP contribution is 2.12. The number of hydrogen-bond donors (Lipinski definition) is 0. The average Bonchev–Trinajstić information content (AvgIpc) is 2.07. The number of hydrogen-bond acceptors (Lipinski definition) is 2. The van der Waals surface area contributed by atoms with E-state index in [1.54, 1.807) is 6.07 Å². The summed E-state index contributed by atoms with van der Waals surface area (Å²) in [6.45, 7) is 2.68. The average molecular weight is 227 g/mol. The Balaban J connectivity index is 0.000000354. The van der Waals surface area contributed by atoms with Gasteiger partial charge in [0.25, 0.3) is 0 Å². The van der Waals surface area contributed by atoms with Crippen LogP contribution in [0.2, 0.25) is 0 Å². The number of rotatable bonds is 1. The van der Waals surface area contributed by atoms with Crippen LogP contribution in [0.1, 0.15) is 10.4 Å². The van der Waals surface area contributed by atoms with Crippen molar-refractivity contribution in [3.8, 4) is 0 Å². The van der Waals surface area contributed by atoms with Crippen molar-refractivity contribution >= 4 is 28.2 Å². The van der Waals surface area contributed by atoms with Gasteiger partial charge < -0.3 is 0 Å². The maximum absolute atomic E-state index is 10.2. The molecule has 0 aliphatic heterocycles. The van der Waals surface area contributed by atoms with Crippen LogP contribution in [-0.4, -0.2) is 12.2 Å². The minimum atomic E-state index is 0.692. The lowest BCUT2D eigenvalue weighted by molar-refractivity contribution is 0.112. The Morgan fingerprint density at radius 2 is 1.92 bits per heavy atom. The van der Waals surface area contributed by atoms with Crippen molar-refractivity contribution in [1.29, 1.82) is 0 Å². The summed E-state index contributed by atoms with van der Waals surface area (Å²) in [5.74, 6) is 1.25. The molecule has 0 atom stereocenters. The summed E-state index contributed by atoms with van der Waals surface area (Å²) in [7, 11) is 0. The summed E-state index contributed by atoms with van der Waals surface area (Å²) in [6, 6.07) is 7.30. The predicted octanol–water partition coefficient (Wildman–Crippen LogP) is 2.27. The maximum Gasteiger partial charge on any atom is 0.151 e. The molecule has 0 fully saturated rings. The third kappa shape index (κ3) is 3.86. The molecule has 0 aliphatic carbocycles. The second-order valence-corrected chi connectivity index (χ2v) is 2.64. The van der Waals surface area contributed by atoms with Crippen molar-refractivity contribution in [2.24, 2.45) is 0 Å². The van der Waals surface area contributed by atoms with Gasteiger partial charge in [-0.1, -0.05) is 34.1 Å². The van der Waals surface area contributed by atoms with Gasteiger partial charge in [-0.3, -0.25) is 4.79 Å². The molecule has 0 bridgehead atoms. The van der Waals surface area contributed by atoms with E-state index >= 15 is 0 Å². The zero-order chi connectivity index (χ0) is 9.40. The van der Waals surface area contributed by atoms with Gasteiger partial charge in [0.2, 0.25) is 0 Å². The summed E-state index contributed by atoms with van der Waals surface area (Å²) in [6.07, 6.45) is 0.823. The molecular weight excluding hydrogens is 220 g/mol. The Morgan fingerprint density at radius 3 is 2.25 bits per heavy atom. The Bertz CT molecular complexity index is 288. The van der Waals surface area contributed by atoms with Crippen molar-refractivity contribution in [2.45, 2.75) is 0 Å². The van der Waals surface area contributed by atoms with E-state index < -0.39 is 0 Å². The van der Waals surface area contributed by atoms with Crippen LogP contribution in [0.3, 0.4) is 0 Å². The highest BCUT2D eigenvalue weighted by atomic mass is 79.9. The Morgan fingerprint density at radius 1 is 1.42 bits per heavy atom. The lowest BCUT2D eigenvalue weighted by atomic mass is 10.2. The Labute approximate surface area is 79.0 Å². The molecule has 0 amide bonds. The highest BCUT2D eigenvalue weighted by Gasteiger charge is 1.92. The molecule has 1 aromatic carbocycles. The molecule has 1 aromatic rings. The minimum absolute atomic E-state index is 0.692. The van der Waals surface area contributed by atoms with Gasteiger partial charge in [0, 0.05) is 10.0 Å². The quantitative estimate of drug-likeness (QED) is 0.544. The lowest BCUT2D eigenvalue weighted by Gasteiger charge is -1.90. The first-order valence-corrected chi connectivity index (χ1v) is 3.89. The van der Waals surface area contributed by atoms with Crippen LogP contribution in [0.4, 0.5) is 0 Å². The zero-order valence-electron chi connectivity index (χ0n) is 6.29. The van der Waals surface area contributed by atoms with Gasteiger partial charge in [0.1, 0.15) is 5.94 Å². The third-order valence-electron chi connectivity index (χ3n) is 1.03. The zero-order valence-corrected chi connectivity index (χ0v) is 7.87. The number of carbonyl (C=O) groups excluding carboxylic acids is 2. The standard InChI is InChI=1S/C7H5BrO.C2H2O/c8-7-4-2-1-3-6(7)5-9;1-2-3/h1-5H;1H2. The molecule has 0 saturated carbocycles. The summed E-state index contributed by atoms with van der Waals surface area (Å²) in [4.78, 5) is 18.8. The van der Waals surface area contributed by atoms with Crippen molar-refractivity contribution in [3.05, 3.63) is 40.9 Å². The molecule has 0 N–H and O–H groups in total. The van der Waals surface area contributed by atoms with E-state index in [1.165, 1.54) is 5.94 Å². The van der Waals surface area contributed by atoms with Crippen LogP contribution < -0.4 is 0 Å². The van der Waals surface area contributed by atoms with Crippen LogP contribution in [0, 0.1) is 0 Å². The Hall–Kier alpha value is -1.18. The fourth-order valence-electron chi connectivity index (χ4n) is 0.571. The van der Waals surface area contributed by atoms with E-state index in [0.29, 0.717) is 5.56 Å². The van der Waals surface area contributed by atoms with Gasteiger partial charge in [0.15, 0.2) is 6.29 Å². The first-order chi connectivity index (χ1) is 5.76. The van der Waals surface area contributed by atoms with Gasteiger partial charge in [-0.2, -0.15) is 0 Å². The number of halogens is 1. The largest absolute Gasteiger partial charge is 0.298 e. The number of aldehydes is 1. The van der Waals surface area contributed by atoms with Gasteiger partial charge >= 0.3 is 0 Å².